The normalized spacial score (nSPS) is 27.8. The number of piperidine rings is 1. The molecule has 1 saturated carbocycles. The molecular weight excluding hydrogens is 478 g/mol. The molecule has 1 aromatic heterocycles. The minimum Gasteiger partial charge on any atom is -0.490 e. The van der Waals surface area contributed by atoms with Crippen molar-refractivity contribution in [1.29, 1.82) is 0 Å². The minimum atomic E-state index is -4.64. The molecule has 2 aliphatic heterocycles. The third kappa shape index (κ3) is 5.22. The Hall–Kier alpha value is -2.66. The van der Waals surface area contributed by atoms with Crippen molar-refractivity contribution in [3.63, 3.8) is 0 Å². The summed E-state index contributed by atoms with van der Waals surface area (Å²) in [5.41, 5.74) is -0.662. The number of nitrogens with one attached hydrogen (secondary N) is 2. The van der Waals surface area contributed by atoms with Crippen LogP contribution in [0.25, 0.3) is 0 Å². The van der Waals surface area contributed by atoms with E-state index in [-0.39, 0.29) is 34.8 Å². The average Bonchev–Trinajstić information content (AvgIpc) is 3.09. The van der Waals surface area contributed by atoms with Crippen LogP contribution in [0.5, 0.6) is 5.75 Å². The van der Waals surface area contributed by atoms with Crippen LogP contribution in [0.3, 0.4) is 0 Å². The van der Waals surface area contributed by atoms with E-state index in [1.807, 2.05) is 0 Å². The lowest BCUT2D eigenvalue weighted by Crippen LogP contribution is -2.50. The predicted molar refractivity (Wildman–Crippen MR) is 127 cm³/mol. The van der Waals surface area contributed by atoms with Gasteiger partial charge < -0.3 is 20.5 Å². The zero-order valence-electron chi connectivity index (χ0n) is 20.3. The molecule has 3 N–H and O–H groups in total. The number of aromatic nitrogens is 2. The lowest BCUT2D eigenvalue weighted by molar-refractivity contribution is -0.140. The van der Waals surface area contributed by atoms with Crippen molar-refractivity contribution in [2.75, 3.05) is 17.2 Å². The minimum absolute atomic E-state index is 0.0118. The van der Waals surface area contributed by atoms with Crippen molar-refractivity contribution in [2.45, 2.75) is 88.4 Å². The van der Waals surface area contributed by atoms with Gasteiger partial charge >= 0.3 is 6.18 Å². The number of benzene rings is 1. The van der Waals surface area contributed by atoms with Gasteiger partial charge in [-0.15, -0.1) is 0 Å². The maximum Gasteiger partial charge on any atom is 0.420 e. The van der Waals surface area contributed by atoms with Crippen LogP contribution in [0.2, 0.25) is 0 Å². The third-order valence-corrected chi connectivity index (χ3v) is 7.57. The van der Waals surface area contributed by atoms with E-state index in [0.29, 0.717) is 18.9 Å². The van der Waals surface area contributed by atoms with Gasteiger partial charge in [-0.3, -0.25) is 4.90 Å². The van der Waals surface area contributed by atoms with Gasteiger partial charge in [0, 0.05) is 42.7 Å². The number of halogens is 4. The van der Waals surface area contributed by atoms with Crippen molar-refractivity contribution in [2.24, 2.45) is 0 Å². The molecule has 7 nitrogen and oxygen atoms in total. The van der Waals surface area contributed by atoms with Crippen molar-refractivity contribution >= 4 is 17.5 Å². The summed E-state index contributed by atoms with van der Waals surface area (Å²) in [4.78, 5) is 10.6. The Morgan fingerprint density at radius 3 is 2.67 bits per heavy atom. The van der Waals surface area contributed by atoms with E-state index < -0.39 is 29.8 Å². The van der Waals surface area contributed by atoms with Gasteiger partial charge in [-0.2, -0.15) is 18.2 Å². The second-order valence-corrected chi connectivity index (χ2v) is 10.7. The SMILES string of the molecule is CC1(C)CC[C@H]2C[C@@H](Nc3nc(Nc4ccc(OC5CC(O)C5)c(C(F)(F)F)c4)ncc3F)CCN21. The van der Waals surface area contributed by atoms with Gasteiger partial charge in [-0.25, -0.2) is 9.37 Å². The summed E-state index contributed by atoms with van der Waals surface area (Å²) in [5.74, 6) is -0.893. The summed E-state index contributed by atoms with van der Waals surface area (Å²) in [6, 6.07) is 4.07. The number of hydrogen-bond donors (Lipinski definition) is 3. The molecular formula is C25H31F4N5O2. The van der Waals surface area contributed by atoms with E-state index in [1.165, 1.54) is 12.1 Å². The van der Waals surface area contributed by atoms with Crippen LogP contribution in [0.15, 0.2) is 24.4 Å². The largest absolute Gasteiger partial charge is 0.490 e. The smallest absolute Gasteiger partial charge is 0.420 e. The van der Waals surface area contributed by atoms with Gasteiger partial charge in [0.05, 0.1) is 17.9 Å². The van der Waals surface area contributed by atoms with E-state index in [2.05, 4.69) is 39.3 Å². The molecule has 3 heterocycles. The van der Waals surface area contributed by atoms with Gasteiger partial charge in [0.25, 0.3) is 0 Å². The Balaban J connectivity index is 1.28. The monoisotopic (exact) mass is 509 g/mol. The number of aliphatic hydroxyl groups is 1. The van der Waals surface area contributed by atoms with Crippen LogP contribution >= 0.6 is 0 Å². The van der Waals surface area contributed by atoms with Crippen molar-refractivity contribution in [1.82, 2.24) is 14.9 Å². The number of fused-ring (bicyclic) bond motifs is 1. The van der Waals surface area contributed by atoms with Crippen molar-refractivity contribution in [3.8, 4) is 5.75 Å². The maximum atomic E-state index is 14.5. The molecule has 0 spiro atoms. The first-order valence-corrected chi connectivity index (χ1v) is 12.4. The summed E-state index contributed by atoms with van der Waals surface area (Å²) in [6.07, 6.45) is -0.0608. The second-order valence-electron chi connectivity index (χ2n) is 10.7. The lowest BCUT2D eigenvalue weighted by atomic mass is 9.92. The standard InChI is InChI=1S/C25H31F4N5O2/c1-24(2)7-5-16-9-15(6-8-34(16)24)31-22-20(26)13-30-23(33-22)32-14-3-4-21(19(10-14)25(27,28)29)36-18-11-17(35)12-18/h3-4,10,13,15-18,35H,5-9,11-12H2,1-2H3,(H2,30,31,32,33)/t15-,16-,17?,18?/m0/s1. The number of alkyl halides is 3. The summed E-state index contributed by atoms with van der Waals surface area (Å²) < 4.78 is 61.0. The summed E-state index contributed by atoms with van der Waals surface area (Å²) in [7, 11) is 0. The predicted octanol–water partition coefficient (Wildman–Crippen LogP) is 5.10. The third-order valence-electron chi connectivity index (χ3n) is 7.57. The molecule has 3 aliphatic rings. The molecule has 3 fully saturated rings. The Labute approximate surface area is 207 Å². The number of aliphatic hydroxyl groups excluding tert-OH is 1. The molecule has 0 unspecified atom stereocenters. The van der Waals surface area contributed by atoms with Crippen LogP contribution < -0.4 is 15.4 Å². The molecule has 1 aliphatic carbocycles. The Morgan fingerprint density at radius 1 is 1.17 bits per heavy atom. The van der Waals surface area contributed by atoms with E-state index in [1.54, 1.807) is 0 Å². The van der Waals surface area contributed by atoms with Crippen LogP contribution in [0.4, 0.5) is 35.0 Å². The van der Waals surface area contributed by atoms with Crippen molar-refractivity contribution in [3.05, 3.63) is 35.8 Å². The zero-order chi connectivity index (χ0) is 25.7. The quantitative estimate of drug-likeness (QED) is 0.468. The lowest BCUT2D eigenvalue weighted by Gasteiger charge is -2.42. The Morgan fingerprint density at radius 2 is 1.94 bits per heavy atom. The fourth-order valence-electron chi connectivity index (χ4n) is 5.51. The molecule has 2 saturated heterocycles. The van der Waals surface area contributed by atoms with E-state index in [9.17, 15) is 22.7 Å². The average molecular weight is 510 g/mol. The number of rotatable bonds is 6. The van der Waals surface area contributed by atoms with Gasteiger partial charge in [-0.05, 0) is 57.7 Å². The van der Waals surface area contributed by atoms with E-state index in [4.69, 9.17) is 4.74 Å². The highest BCUT2D eigenvalue weighted by molar-refractivity contribution is 5.59. The van der Waals surface area contributed by atoms with Crippen molar-refractivity contribution < 1.29 is 27.4 Å². The first kappa shape index (κ1) is 25.0. The van der Waals surface area contributed by atoms with Crippen LogP contribution in [0.1, 0.15) is 57.9 Å². The first-order valence-electron chi connectivity index (χ1n) is 12.4. The molecule has 196 valence electrons. The Kier molecular flexibility index (Phi) is 6.48. The first-order chi connectivity index (χ1) is 17.0. The van der Waals surface area contributed by atoms with E-state index in [0.717, 1.165) is 44.5 Å². The number of hydrogen-bond acceptors (Lipinski definition) is 7. The topological polar surface area (TPSA) is 82.5 Å². The molecule has 36 heavy (non-hydrogen) atoms. The highest BCUT2D eigenvalue weighted by Gasteiger charge is 2.42. The fraction of sp³-hybridized carbons (Fsp3) is 0.600. The van der Waals surface area contributed by atoms with Gasteiger partial charge in [0.2, 0.25) is 5.95 Å². The van der Waals surface area contributed by atoms with Gasteiger partial charge in [0.1, 0.15) is 11.9 Å². The summed E-state index contributed by atoms with van der Waals surface area (Å²) in [5, 5.41) is 15.3. The second kappa shape index (κ2) is 9.33. The summed E-state index contributed by atoms with van der Waals surface area (Å²) >= 11 is 0. The summed E-state index contributed by atoms with van der Waals surface area (Å²) in [6.45, 7) is 5.42. The van der Waals surface area contributed by atoms with Crippen LogP contribution in [-0.4, -0.2) is 56.3 Å². The maximum absolute atomic E-state index is 14.5. The van der Waals surface area contributed by atoms with E-state index >= 15 is 0 Å². The number of anilines is 3. The van der Waals surface area contributed by atoms with Gasteiger partial charge in [0.15, 0.2) is 11.6 Å². The number of nitrogens with zero attached hydrogens (tertiary/aromatic N) is 3. The zero-order valence-corrected chi connectivity index (χ0v) is 20.3. The van der Waals surface area contributed by atoms with Crippen LogP contribution in [-0.2, 0) is 6.18 Å². The highest BCUT2D eigenvalue weighted by Crippen LogP contribution is 2.41. The highest BCUT2D eigenvalue weighted by atomic mass is 19.4. The molecule has 2 atom stereocenters. The molecule has 1 aromatic carbocycles. The van der Waals surface area contributed by atoms with Gasteiger partial charge in [-0.1, -0.05) is 0 Å². The molecule has 11 heteroatoms. The molecule has 5 rings (SSSR count). The van der Waals surface area contributed by atoms with Crippen LogP contribution in [0, 0.1) is 5.82 Å². The molecule has 0 amide bonds. The Bertz CT molecular complexity index is 1110. The molecule has 2 aromatic rings. The molecule has 0 radical (unpaired) electrons. The fourth-order valence-corrected chi connectivity index (χ4v) is 5.51. The molecule has 0 bridgehead atoms. The number of ether oxygens (including phenoxy) is 1.